The smallest absolute Gasteiger partial charge is 0.251 e. The molecule has 2 aromatic heterocycles. The first-order valence-electron chi connectivity index (χ1n) is 11.7. The highest BCUT2D eigenvalue weighted by Crippen LogP contribution is 2.44. The van der Waals surface area contributed by atoms with Crippen molar-refractivity contribution in [2.75, 3.05) is 39.5 Å². The number of nitrogens with one attached hydrogen (secondary N) is 1. The largest absolute Gasteiger partial charge is 0.491 e. The van der Waals surface area contributed by atoms with Crippen molar-refractivity contribution in [3.8, 4) is 5.75 Å². The van der Waals surface area contributed by atoms with Gasteiger partial charge in [0.15, 0.2) is 0 Å². The molecular formula is C25H30F3N5O. The molecule has 3 aromatic rings. The predicted molar refractivity (Wildman–Crippen MR) is 124 cm³/mol. The molecule has 1 N–H and O–H groups in total. The monoisotopic (exact) mass is 473 g/mol. The summed E-state index contributed by atoms with van der Waals surface area (Å²) >= 11 is 0. The van der Waals surface area contributed by atoms with Crippen molar-refractivity contribution in [3.63, 3.8) is 0 Å². The first-order valence-corrected chi connectivity index (χ1v) is 11.7. The number of pyridine rings is 1. The molecule has 0 bridgehead atoms. The molecule has 2 aliphatic rings. The molecule has 1 atom stereocenters. The molecule has 182 valence electrons. The molecule has 34 heavy (non-hydrogen) atoms. The van der Waals surface area contributed by atoms with E-state index in [0.717, 1.165) is 41.7 Å². The second kappa shape index (κ2) is 9.19. The lowest BCUT2D eigenvalue weighted by Gasteiger charge is -2.48. The van der Waals surface area contributed by atoms with E-state index in [-0.39, 0.29) is 19.1 Å². The molecule has 0 amide bonds. The number of benzene rings is 1. The van der Waals surface area contributed by atoms with Crippen molar-refractivity contribution >= 4 is 10.9 Å². The topological polar surface area (TPSA) is 57.3 Å². The first-order chi connectivity index (χ1) is 16.4. The minimum atomic E-state index is -2.46. The number of rotatable bonds is 8. The summed E-state index contributed by atoms with van der Waals surface area (Å²) in [4.78, 5) is 8.67. The number of halogens is 3. The highest BCUT2D eigenvalue weighted by atomic mass is 19.3. The van der Waals surface area contributed by atoms with Crippen molar-refractivity contribution in [1.29, 1.82) is 0 Å². The summed E-state index contributed by atoms with van der Waals surface area (Å²) in [5, 5.41) is 8.21. The van der Waals surface area contributed by atoms with Crippen LogP contribution in [0.2, 0.25) is 0 Å². The van der Waals surface area contributed by atoms with Gasteiger partial charge in [0.05, 0.1) is 42.9 Å². The first kappa shape index (κ1) is 23.1. The molecule has 1 saturated heterocycles. The molecule has 1 fully saturated rings. The molecule has 1 aromatic carbocycles. The van der Waals surface area contributed by atoms with Crippen molar-refractivity contribution in [2.45, 2.75) is 38.3 Å². The third-order valence-corrected chi connectivity index (χ3v) is 7.07. The van der Waals surface area contributed by atoms with Crippen LogP contribution in [-0.2, 0) is 6.42 Å². The third-order valence-electron chi connectivity index (χ3n) is 7.07. The number of ether oxygens (including phenoxy) is 1. The van der Waals surface area contributed by atoms with E-state index in [1.54, 1.807) is 6.20 Å². The lowest BCUT2D eigenvalue weighted by atomic mass is 9.79. The van der Waals surface area contributed by atoms with E-state index >= 15 is 0 Å². The van der Waals surface area contributed by atoms with Crippen LogP contribution in [0.3, 0.4) is 0 Å². The van der Waals surface area contributed by atoms with Crippen LogP contribution in [0.1, 0.15) is 36.7 Å². The predicted octanol–water partition coefficient (Wildman–Crippen LogP) is 4.23. The van der Waals surface area contributed by atoms with Gasteiger partial charge in [0, 0.05) is 36.5 Å². The van der Waals surface area contributed by atoms with Crippen molar-refractivity contribution in [1.82, 2.24) is 25.0 Å². The Labute approximate surface area is 197 Å². The van der Waals surface area contributed by atoms with Gasteiger partial charge in [-0.05, 0) is 49.6 Å². The Morgan fingerprint density at radius 1 is 1.18 bits per heavy atom. The van der Waals surface area contributed by atoms with Gasteiger partial charge in [0.2, 0.25) is 0 Å². The van der Waals surface area contributed by atoms with Gasteiger partial charge in [-0.2, -0.15) is 5.10 Å². The fraction of sp³-hybridized carbons (Fsp3) is 0.520. The Kier molecular flexibility index (Phi) is 6.24. The van der Waals surface area contributed by atoms with Crippen LogP contribution >= 0.6 is 0 Å². The Morgan fingerprint density at radius 2 is 2.00 bits per heavy atom. The maximum Gasteiger partial charge on any atom is 0.251 e. The number of nitrogens with zero attached hydrogens (tertiary/aromatic N) is 4. The molecule has 0 saturated carbocycles. The molecular weight excluding hydrogens is 443 g/mol. The summed E-state index contributed by atoms with van der Waals surface area (Å²) in [5.41, 5.74) is 3.25. The van der Waals surface area contributed by atoms with E-state index in [2.05, 4.69) is 20.1 Å². The number of hydrogen-bond acceptors (Lipinski definition) is 5. The lowest BCUT2D eigenvalue weighted by molar-refractivity contribution is 0.00494. The molecule has 1 unspecified atom stereocenters. The van der Waals surface area contributed by atoms with Crippen molar-refractivity contribution in [3.05, 3.63) is 53.5 Å². The van der Waals surface area contributed by atoms with Crippen LogP contribution in [0.25, 0.3) is 10.9 Å². The summed E-state index contributed by atoms with van der Waals surface area (Å²) in [7, 11) is 0. The fourth-order valence-electron chi connectivity index (χ4n) is 5.31. The van der Waals surface area contributed by atoms with Gasteiger partial charge in [-0.3, -0.25) is 24.3 Å². The average molecular weight is 474 g/mol. The number of H-pyrrole nitrogens is 1. The quantitative estimate of drug-likeness (QED) is 0.531. The minimum Gasteiger partial charge on any atom is -0.491 e. The molecule has 2 aliphatic heterocycles. The molecule has 0 aliphatic carbocycles. The van der Waals surface area contributed by atoms with Gasteiger partial charge in [-0.15, -0.1) is 0 Å². The number of fused-ring (bicyclic) bond motifs is 3. The van der Waals surface area contributed by atoms with Crippen molar-refractivity contribution < 1.29 is 17.9 Å². The molecule has 4 heterocycles. The summed E-state index contributed by atoms with van der Waals surface area (Å²) in [6.45, 7) is 6.20. The molecule has 0 spiro atoms. The maximum absolute atomic E-state index is 13.7. The highest BCUT2D eigenvalue weighted by Gasteiger charge is 2.42. The summed E-state index contributed by atoms with van der Waals surface area (Å²) in [6, 6.07) is 7.26. The van der Waals surface area contributed by atoms with Gasteiger partial charge >= 0.3 is 0 Å². The zero-order chi connectivity index (χ0) is 23.9. The second-order valence-corrected chi connectivity index (χ2v) is 9.95. The van der Waals surface area contributed by atoms with E-state index < -0.39 is 18.0 Å². The average Bonchev–Trinajstić information content (AvgIpc) is 3.25. The van der Waals surface area contributed by atoms with Crippen LogP contribution in [0, 0.1) is 5.92 Å². The molecule has 9 heteroatoms. The zero-order valence-corrected chi connectivity index (χ0v) is 19.5. The van der Waals surface area contributed by atoms with Crippen LogP contribution in [0.15, 0.2) is 36.7 Å². The van der Waals surface area contributed by atoms with E-state index in [1.807, 2.05) is 49.2 Å². The van der Waals surface area contributed by atoms with Gasteiger partial charge in [-0.25, -0.2) is 8.78 Å². The Balaban J connectivity index is 1.39. The lowest BCUT2D eigenvalue weighted by Crippen LogP contribution is -2.53. The highest BCUT2D eigenvalue weighted by molar-refractivity contribution is 5.83. The molecule has 5 rings (SSSR count). The van der Waals surface area contributed by atoms with Gasteiger partial charge in [0.1, 0.15) is 12.4 Å². The van der Waals surface area contributed by atoms with Crippen LogP contribution in [0.5, 0.6) is 5.75 Å². The van der Waals surface area contributed by atoms with Crippen LogP contribution in [-0.4, -0.2) is 76.4 Å². The van der Waals surface area contributed by atoms with Gasteiger partial charge < -0.3 is 4.74 Å². The molecule has 0 radical (unpaired) electrons. The van der Waals surface area contributed by atoms with Crippen LogP contribution < -0.4 is 4.74 Å². The SMILES string of the molecule is CC1(C)Cc2c(ccc3[nH]ncc23)C(c2ccc(OCCN3CC(CF)C3)cn2)N1CC(F)F. The number of aromatic nitrogens is 3. The number of hydrogen-bond donors (Lipinski definition) is 1. The fourth-order valence-corrected chi connectivity index (χ4v) is 5.31. The van der Waals surface area contributed by atoms with Gasteiger partial charge in [0.25, 0.3) is 6.43 Å². The van der Waals surface area contributed by atoms with E-state index in [0.29, 0.717) is 24.5 Å². The Hall–Kier alpha value is -2.65. The number of alkyl halides is 3. The van der Waals surface area contributed by atoms with Gasteiger partial charge in [-0.1, -0.05) is 6.07 Å². The standard InChI is InChI=1S/C25H30F3N5O/c1-25(2)9-19-18(4-6-21-20(19)12-30-31-21)24(33(25)15-23(27)28)22-5-3-17(11-29-22)34-8-7-32-13-16(10-26)14-32/h3-6,11-12,16,23-24H,7-10,13-15H2,1-2H3,(H,30,31). The summed E-state index contributed by atoms with van der Waals surface area (Å²) in [5.74, 6) is 0.787. The Bertz CT molecular complexity index is 1130. The Morgan fingerprint density at radius 3 is 2.71 bits per heavy atom. The summed E-state index contributed by atoms with van der Waals surface area (Å²) in [6.07, 6.45) is 1.65. The minimum absolute atomic E-state index is 0.156. The number of likely N-dealkylation sites (tertiary alicyclic amines) is 1. The molecule has 6 nitrogen and oxygen atoms in total. The van der Waals surface area contributed by atoms with E-state index in [9.17, 15) is 13.2 Å². The van der Waals surface area contributed by atoms with Crippen LogP contribution in [0.4, 0.5) is 13.2 Å². The third kappa shape index (κ3) is 4.38. The maximum atomic E-state index is 13.7. The van der Waals surface area contributed by atoms with Crippen molar-refractivity contribution in [2.24, 2.45) is 5.92 Å². The normalized spacial score (nSPS) is 21.1. The number of aromatic amines is 1. The zero-order valence-electron chi connectivity index (χ0n) is 19.5. The van der Waals surface area contributed by atoms with E-state index in [4.69, 9.17) is 4.74 Å². The second-order valence-electron chi connectivity index (χ2n) is 9.95. The summed E-state index contributed by atoms with van der Waals surface area (Å²) < 4.78 is 45.7. The van der Waals surface area contributed by atoms with E-state index in [1.165, 1.54) is 0 Å².